The van der Waals surface area contributed by atoms with E-state index in [-0.39, 0.29) is 11.7 Å². The van der Waals surface area contributed by atoms with Crippen molar-refractivity contribution in [3.63, 3.8) is 0 Å². The van der Waals surface area contributed by atoms with Crippen LogP contribution in [0.15, 0.2) is 92.3 Å². The van der Waals surface area contributed by atoms with Crippen LogP contribution in [-0.4, -0.2) is 28.3 Å². The van der Waals surface area contributed by atoms with Crippen LogP contribution >= 0.6 is 27.3 Å². The van der Waals surface area contributed by atoms with E-state index in [4.69, 9.17) is 14.5 Å². The molecule has 9 heteroatoms. The van der Waals surface area contributed by atoms with Gasteiger partial charge in [0.1, 0.15) is 11.8 Å². The molecule has 6 rings (SSSR count). The quantitative estimate of drug-likeness (QED) is 0.182. The molecule has 0 aliphatic carbocycles. The third-order valence-electron chi connectivity index (χ3n) is 8.04. The van der Waals surface area contributed by atoms with Gasteiger partial charge in [-0.1, -0.05) is 69.2 Å². The summed E-state index contributed by atoms with van der Waals surface area (Å²) >= 11 is 4.90. The number of thiazole rings is 1. The number of hydrogen-bond donors (Lipinski definition) is 0. The molecular formula is C36H34BrN3O4S. The number of fused-ring (bicyclic) bond motifs is 2. The summed E-state index contributed by atoms with van der Waals surface area (Å²) in [5, 5.41) is 1.08. The minimum absolute atomic E-state index is 0.118. The summed E-state index contributed by atoms with van der Waals surface area (Å²) < 4.78 is 16.6. The van der Waals surface area contributed by atoms with Gasteiger partial charge in [-0.3, -0.25) is 9.36 Å². The SMILES string of the molecule is COC(=O)C1=C(C)N=c2s/c(=C\c3c(C)n(Cc4ccccc4)c4ccc(C)cc34)c(=O)n2[C@@H]1c1cc(Br)ccc1OC(C)C. The summed E-state index contributed by atoms with van der Waals surface area (Å²) in [5.41, 5.74) is 6.73. The molecule has 7 nitrogen and oxygen atoms in total. The van der Waals surface area contributed by atoms with Crippen LogP contribution in [-0.2, 0) is 16.1 Å². The molecule has 1 aliphatic rings. The van der Waals surface area contributed by atoms with Crippen molar-refractivity contribution < 1.29 is 14.3 Å². The number of aromatic nitrogens is 2. The molecule has 2 aromatic heterocycles. The number of hydrogen-bond acceptors (Lipinski definition) is 6. The Kier molecular flexibility index (Phi) is 8.41. The summed E-state index contributed by atoms with van der Waals surface area (Å²) in [6.07, 6.45) is 1.86. The van der Waals surface area contributed by atoms with E-state index in [0.717, 1.165) is 32.2 Å². The van der Waals surface area contributed by atoms with E-state index in [2.05, 4.69) is 64.7 Å². The molecule has 3 heterocycles. The Hall–Kier alpha value is -4.21. The van der Waals surface area contributed by atoms with Crippen molar-refractivity contribution in [1.82, 2.24) is 9.13 Å². The fraction of sp³-hybridized carbons (Fsp3) is 0.250. The van der Waals surface area contributed by atoms with Crippen molar-refractivity contribution >= 4 is 50.2 Å². The van der Waals surface area contributed by atoms with Gasteiger partial charge in [-0.25, -0.2) is 9.79 Å². The van der Waals surface area contributed by atoms with Gasteiger partial charge < -0.3 is 14.0 Å². The highest BCUT2D eigenvalue weighted by atomic mass is 79.9. The topological polar surface area (TPSA) is 74.8 Å². The van der Waals surface area contributed by atoms with Crippen LogP contribution < -0.4 is 19.6 Å². The first kappa shape index (κ1) is 30.8. The van der Waals surface area contributed by atoms with Gasteiger partial charge in [-0.15, -0.1) is 0 Å². The molecule has 1 atom stereocenters. The Balaban J connectivity index is 1.60. The number of esters is 1. The summed E-state index contributed by atoms with van der Waals surface area (Å²) in [5.74, 6) is 0.0421. The van der Waals surface area contributed by atoms with Crippen molar-refractivity contribution in [3.05, 3.63) is 130 Å². The van der Waals surface area contributed by atoms with Gasteiger partial charge in [-0.2, -0.15) is 0 Å². The smallest absolute Gasteiger partial charge is 0.338 e. The molecule has 230 valence electrons. The van der Waals surface area contributed by atoms with Crippen LogP contribution in [0.4, 0.5) is 0 Å². The van der Waals surface area contributed by atoms with Gasteiger partial charge in [0.15, 0.2) is 4.80 Å². The molecule has 0 spiro atoms. The number of carbonyl (C=O) groups is 1. The molecule has 0 unspecified atom stereocenters. The van der Waals surface area contributed by atoms with E-state index in [1.165, 1.54) is 24.0 Å². The van der Waals surface area contributed by atoms with E-state index in [0.29, 0.717) is 38.5 Å². The number of carbonyl (C=O) groups excluding carboxylic acids is 1. The molecule has 5 aromatic rings. The molecule has 1 aliphatic heterocycles. The molecule has 3 aromatic carbocycles. The normalized spacial score (nSPS) is 15.0. The van der Waals surface area contributed by atoms with E-state index in [9.17, 15) is 9.59 Å². The number of ether oxygens (including phenoxy) is 2. The Bertz CT molecular complexity index is 2170. The largest absolute Gasteiger partial charge is 0.491 e. The number of allylic oxidation sites excluding steroid dienone is 1. The average Bonchev–Trinajstić information content (AvgIpc) is 3.45. The van der Waals surface area contributed by atoms with E-state index < -0.39 is 12.0 Å². The van der Waals surface area contributed by atoms with Crippen molar-refractivity contribution in [1.29, 1.82) is 0 Å². The second-order valence-electron chi connectivity index (χ2n) is 11.5. The lowest BCUT2D eigenvalue weighted by molar-refractivity contribution is -0.136. The Morgan fingerprint density at radius 3 is 2.53 bits per heavy atom. The number of nitrogens with zero attached hydrogens (tertiary/aromatic N) is 3. The fourth-order valence-corrected chi connectivity index (χ4v) is 7.39. The predicted molar refractivity (Wildman–Crippen MR) is 183 cm³/mol. The van der Waals surface area contributed by atoms with Crippen molar-refractivity contribution in [2.75, 3.05) is 7.11 Å². The number of benzene rings is 3. The van der Waals surface area contributed by atoms with Crippen molar-refractivity contribution in [3.8, 4) is 5.75 Å². The average molecular weight is 685 g/mol. The Labute approximate surface area is 273 Å². The highest BCUT2D eigenvalue weighted by Crippen LogP contribution is 2.38. The highest BCUT2D eigenvalue weighted by Gasteiger charge is 2.35. The molecule has 0 amide bonds. The second kappa shape index (κ2) is 12.3. The van der Waals surface area contributed by atoms with Gasteiger partial charge in [0.25, 0.3) is 5.56 Å². The zero-order valence-electron chi connectivity index (χ0n) is 26.1. The summed E-state index contributed by atoms with van der Waals surface area (Å²) in [7, 11) is 1.34. The van der Waals surface area contributed by atoms with Gasteiger partial charge in [-0.05, 0) is 76.6 Å². The predicted octanol–water partition coefficient (Wildman–Crippen LogP) is 6.58. The molecule has 45 heavy (non-hydrogen) atoms. The second-order valence-corrected chi connectivity index (χ2v) is 13.4. The van der Waals surface area contributed by atoms with Gasteiger partial charge >= 0.3 is 5.97 Å². The van der Waals surface area contributed by atoms with Crippen LogP contribution in [0.3, 0.4) is 0 Å². The molecular weight excluding hydrogens is 650 g/mol. The minimum atomic E-state index is -0.787. The first-order valence-corrected chi connectivity index (χ1v) is 16.4. The lowest BCUT2D eigenvalue weighted by atomic mass is 9.95. The fourth-order valence-electron chi connectivity index (χ4n) is 5.99. The number of rotatable bonds is 7. The first-order valence-electron chi connectivity index (χ1n) is 14.8. The monoisotopic (exact) mass is 683 g/mol. The molecule has 0 saturated carbocycles. The van der Waals surface area contributed by atoms with E-state index in [1.54, 1.807) is 11.5 Å². The lowest BCUT2D eigenvalue weighted by Crippen LogP contribution is -2.40. The van der Waals surface area contributed by atoms with Crippen molar-refractivity contribution in [2.24, 2.45) is 4.99 Å². The lowest BCUT2D eigenvalue weighted by Gasteiger charge is -2.26. The maximum atomic E-state index is 14.4. The number of methoxy groups -OCH3 is 1. The standard InChI is InChI=1S/C36H34BrN3O4S/c1-20(2)44-30-15-13-25(37)17-28(30)33-32(35(42)43-6)22(4)38-36-40(33)34(41)31(45-36)18-26-23(5)39(19-24-10-8-7-9-11-24)29-14-12-21(3)16-27(26)29/h7-18,20,33H,19H2,1-6H3/b31-18-/t33-/m1/s1. The molecule has 0 radical (unpaired) electrons. The minimum Gasteiger partial charge on any atom is -0.491 e. The van der Waals surface area contributed by atoms with Crippen LogP contribution in [0.25, 0.3) is 17.0 Å². The maximum absolute atomic E-state index is 14.4. The maximum Gasteiger partial charge on any atom is 0.338 e. The van der Waals surface area contributed by atoms with Crippen molar-refractivity contribution in [2.45, 2.75) is 53.3 Å². The molecule has 0 fully saturated rings. The summed E-state index contributed by atoms with van der Waals surface area (Å²) in [6.45, 7) is 10.6. The van der Waals surface area contributed by atoms with Crippen LogP contribution in [0.2, 0.25) is 0 Å². The van der Waals surface area contributed by atoms with Gasteiger partial charge in [0, 0.05) is 38.7 Å². The molecule has 0 N–H and O–H groups in total. The van der Waals surface area contributed by atoms with E-state index in [1.807, 2.05) is 56.3 Å². The summed E-state index contributed by atoms with van der Waals surface area (Å²) in [4.78, 5) is 33.0. The Morgan fingerprint density at radius 2 is 1.82 bits per heavy atom. The molecule has 0 saturated heterocycles. The summed E-state index contributed by atoms with van der Waals surface area (Å²) in [6, 6.07) is 21.6. The van der Waals surface area contributed by atoms with Gasteiger partial charge in [0.05, 0.1) is 29.0 Å². The third-order valence-corrected chi connectivity index (χ3v) is 9.52. The zero-order chi connectivity index (χ0) is 32.0. The van der Waals surface area contributed by atoms with Gasteiger partial charge in [0.2, 0.25) is 0 Å². The van der Waals surface area contributed by atoms with E-state index >= 15 is 0 Å². The number of aryl methyl sites for hydroxylation is 1. The third kappa shape index (κ3) is 5.71. The van der Waals surface area contributed by atoms with Crippen LogP contribution in [0.5, 0.6) is 5.75 Å². The highest BCUT2D eigenvalue weighted by molar-refractivity contribution is 9.10. The van der Waals surface area contributed by atoms with Crippen LogP contribution in [0, 0.1) is 13.8 Å². The molecule has 0 bridgehead atoms. The number of halogens is 1. The van der Waals surface area contributed by atoms with Crippen LogP contribution in [0.1, 0.15) is 54.8 Å². The first-order chi connectivity index (χ1) is 21.6. The Morgan fingerprint density at radius 1 is 1.07 bits per heavy atom. The zero-order valence-corrected chi connectivity index (χ0v) is 28.5.